The predicted molar refractivity (Wildman–Crippen MR) is 78.4 cm³/mol. The van der Waals surface area contributed by atoms with Crippen LogP contribution in [-0.2, 0) is 9.59 Å². The van der Waals surface area contributed by atoms with E-state index in [0.29, 0.717) is 5.56 Å². The number of aliphatic carboxylic acids is 1. The number of rotatable bonds is 7. The van der Waals surface area contributed by atoms with Crippen LogP contribution in [0.25, 0.3) is 0 Å². The molecule has 0 saturated carbocycles. The van der Waals surface area contributed by atoms with Crippen molar-refractivity contribution in [1.29, 1.82) is 0 Å². The third kappa shape index (κ3) is 5.17. The summed E-state index contributed by atoms with van der Waals surface area (Å²) in [5.41, 5.74) is 6.44. The molecule has 0 saturated heterocycles. The number of aliphatic hydroxyl groups excluding tert-OH is 1. The van der Waals surface area contributed by atoms with E-state index in [1.807, 2.05) is 13.8 Å². The molecule has 0 bridgehead atoms. The summed E-state index contributed by atoms with van der Waals surface area (Å²) >= 11 is 0. The van der Waals surface area contributed by atoms with E-state index in [2.05, 4.69) is 5.32 Å². The minimum atomic E-state index is -1.50. The second-order valence-electron chi connectivity index (χ2n) is 5.41. The van der Waals surface area contributed by atoms with Gasteiger partial charge in [-0.2, -0.15) is 0 Å². The topological polar surface area (TPSA) is 113 Å². The molecule has 0 radical (unpaired) electrons. The van der Waals surface area contributed by atoms with Gasteiger partial charge < -0.3 is 21.3 Å². The third-order valence-electron chi connectivity index (χ3n) is 3.11. The number of hydrogen-bond acceptors (Lipinski definition) is 4. The van der Waals surface area contributed by atoms with Crippen molar-refractivity contribution >= 4 is 11.9 Å². The van der Waals surface area contributed by atoms with E-state index in [0.717, 1.165) is 0 Å². The molecule has 0 aliphatic carbocycles. The average molecular weight is 294 g/mol. The zero-order valence-electron chi connectivity index (χ0n) is 12.2. The van der Waals surface area contributed by atoms with Crippen molar-refractivity contribution in [2.75, 3.05) is 0 Å². The second kappa shape index (κ2) is 7.75. The van der Waals surface area contributed by atoms with Crippen molar-refractivity contribution in [3.05, 3.63) is 35.9 Å². The highest BCUT2D eigenvalue weighted by atomic mass is 16.4. The monoisotopic (exact) mass is 294 g/mol. The molecule has 116 valence electrons. The lowest BCUT2D eigenvalue weighted by Crippen LogP contribution is -2.48. The lowest BCUT2D eigenvalue weighted by Gasteiger charge is -2.22. The molecule has 1 amide bonds. The Morgan fingerprint density at radius 2 is 1.81 bits per heavy atom. The highest BCUT2D eigenvalue weighted by Crippen LogP contribution is 2.14. The Labute approximate surface area is 124 Å². The minimum Gasteiger partial charge on any atom is -0.480 e. The van der Waals surface area contributed by atoms with Crippen LogP contribution in [0.1, 0.15) is 31.9 Å². The van der Waals surface area contributed by atoms with Crippen molar-refractivity contribution in [1.82, 2.24) is 5.32 Å². The number of carboxylic acids is 1. The zero-order valence-corrected chi connectivity index (χ0v) is 12.2. The molecule has 2 unspecified atom stereocenters. The molecule has 0 aliphatic rings. The molecular weight excluding hydrogens is 272 g/mol. The first-order chi connectivity index (χ1) is 9.82. The molecule has 0 spiro atoms. The van der Waals surface area contributed by atoms with Crippen LogP contribution in [0.2, 0.25) is 0 Å². The first-order valence-electron chi connectivity index (χ1n) is 6.84. The summed E-state index contributed by atoms with van der Waals surface area (Å²) in [6.45, 7) is 3.71. The Hall–Kier alpha value is -1.92. The van der Waals surface area contributed by atoms with Crippen LogP contribution in [0.4, 0.5) is 0 Å². The molecule has 1 aromatic carbocycles. The van der Waals surface area contributed by atoms with Gasteiger partial charge in [-0.15, -0.1) is 0 Å². The summed E-state index contributed by atoms with van der Waals surface area (Å²) in [5.74, 6) is -1.80. The van der Waals surface area contributed by atoms with Gasteiger partial charge in [-0.3, -0.25) is 4.79 Å². The van der Waals surface area contributed by atoms with E-state index in [1.54, 1.807) is 30.3 Å². The Morgan fingerprint density at radius 1 is 1.24 bits per heavy atom. The number of hydrogen-bond donors (Lipinski definition) is 4. The standard InChI is InChI=1S/C15H22N2O4/c1-9(2)8-11(15(20)21)17-14(19)13(18)12(16)10-6-4-3-5-7-10/h3-7,9,11-13,18H,8,16H2,1-2H3,(H,17,19)(H,20,21)/t11-,12?,13?/m0/s1. The molecule has 6 nitrogen and oxygen atoms in total. The fourth-order valence-corrected chi connectivity index (χ4v) is 1.97. The molecule has 5 N–H and O–H groups in total. The van der Waals surface area contributed by atoms with Gasteiger partial charge in [-0.05, 0) is 17.9 Å². The molecule has 21 heavy (non-hydrogen) atoms. The summed E-state index contributed by atoms with van der Waals surface area (Å²) < 4.78 is 0. The molecule has 0 aliphatic heterocycles. The van der Waals surface area contributed by atoms with E-state index in [-0.39, 0.29) is 12.3 Å². The van der Waals surface area contributed by atoms with Gasteiger partial charge in [0.2, 0.25) is 0 Å². The van der Waals surface area contributed by atoms with E-state index in [4.69, 9.17) is 10.8 Å². The SMILES string of the molecule is CC(C)C[C@H](NC(=O)C(O)C(N)c1ccccc1)C(=O)O. The summed E-state index contributed by atoms with van der Waals surface area (Å²) in [4.78, 5) is 23.1. The Kier molecular flexibility index (Phi) is 6.33. The van der Waals surface area contributed by atoms with Gasteiger partial charge in [0.1, 0.15) is 6.04 Å². The normalized spacial score (nSPS) is 15.3. The van der Waals surface area contributed by atoms with Crippen molar-refractivity contribution in [2.45, 2.75) is 38.5 Å². The molecule has 0 fully saturated rings. The molecule has 0 heterocycles. The number of carbonyl (C=O) groups excluding carboxylic acids is 1. The van der Waals surface area contributed by atoms with Gasteiger partial charge in [0.15, 0.2) is 6.10 Å². The Bertz CT molecular complexity index is 476. The fourth-order valence-electron chi connectivity index (χ4n) is 1.97. The Balaban J connectivity index is 2.71. The Morgan fingerprint density at radius 3 is 2.29 bits per heavy atom. The van der Waals surface area contributed by atoms with Gasteiger partial charge in [0.25, 0.3) is 5.91 Å². The number of benzene rings is 1. The highest BCUT2D eigenvalue weighted by Gasteiger charge is 2.28. The largest absolute Gasteiger partial charge is 0.480 e. The maximum atomic E-state index is 11.9. The summed E-state index contributed by atoms with van der Waals surface area (Å²) in [6, 6.07) is 6.76. The van der Waals surface area contributed by atoms with Crippen LogP contribution < -0.4 is 11.1 Å². The smallest absolute Gasteiger partial charge is 0.326 e. The predicted octanol–water partition coefficient (Wildman–Crippen LogP) is 0.663. The van der Waals surface area contributed by atoms with Crippen LogP contribution in [0.3, 0.4) is 0 Å². The first-order valence-corrected chi connectivity index (χ1v) is 6.84. The minimum absolute atomic E-state index is 0.103. The number of amides is 1. The van der Waals surface area contributed by atoms with Crippen LogP contribution in [0, 0.1) is 5.92 Å². The molecular formula is C15H22N2O4. The maximum Gasteiger partial charge on any atom is 0.326 e. The zero-order chi connectivity index (χ0) is 16.0. The number of nitrogens with two attached hydrogens (primary N) is 1. The van der Waals surface area contributed by atoms with Crippen LogP contribution >= 0.6 is 0 Å². The van der Waals surface area contributed by atoms with Gasteiger partial charge >= 0.3 is 5.97 Å². The van der Waals surface area contributed by atoms with E-state index in [1.165, 1.54) is 0 Å². The lowest BCUT2D eigenvalue weighted by molar-refractivity contribution is -0.144. The third-order valence-corrected chi connectivity index (χ3v) is 3.11. The highest BCUT2D eigenvalue weighted by molar-refractivity contribution is 5.86. The van der Waals surface area contributed by atoms with Crippen molar-refractivity contribution in [2.24, 2.45) is 11.7 Å². The second-order valence-corrected chi connectivity index (χ2v) is 5.41. The summed E-state index contributed by atoms with van der Waals surface area (Å²) in [5, 5.41) is 21.4. The number of aliphatic hydroxyl groups is 1. The molecule has 6 heteroatoms. The molecule has 0 aromatic heterocycles. The summed E-state index contributed by atoms with van der Waals surface area (Å²) in [7, 11) is 0. The average Bonchev–Trinajstić information content (AvgIpc) is 2.45. The van der Waals surface area contributed by atoms with Crippen LogP contribution in [0.5, 0.6) is 0 Å². The number of nitrogens with one attached hydrogen (secondary N) is 1. The van der Waals surface area contributed by atoms with Gasteiger partial charge in [-0.25, -0.2) is 4.79 Å². The quantitative estimate of drug-likeness (QED) is 0.590. The van der Waals surface area contributed by atoms with Crippen LogP contribution in [-0.4, -0.2) is 34.2 Å². The van der Waals surface area contributed by atoms with Gasteiger partial charge in [0, 0.05) is 0 Å². The summed E-state index contributed by atoms with van der Waals surface area (Å²) in [6.07, 6.45) is -1.21. The molecule has 3 atom stereocenters. The van der Waals surface area contributed by atoms with Crippen molar-refractivity contribution < 1.29 is 19.8 Å². The van der Waals surface area contributed by atoms with Crippen molar-refractivity contribution in [3.8, 4) is 0 Å². The van der Waals surface area contributed by atoms with Gasteiger partial charge in [-0.1, -0.05) is 44.2 Å². The van der Waals surface area contributed by atoms with Gasteiger partial charge in [0.05, 0.1) is 6.04 Å². The number of carboxylic acid groups (broad SMARTS) is 1. The first kappa shape index (κ1) is 17.1. The fraction of sp³-hybridized carbons (Fsp3) is 0.467. The van der Waals surface area contributed by atoms with E-state index < -0.39 is 30.1 Å². The lowest BCUT2D eigenvalue weighted by atomic mass is 10.00. The molecule has 1 rings (SSSR count). The number of carbonyl (C=O) groups is 2. The van der Waals surface area contributed by atoms with Crippen molar-refractivity contribution in [3.63, 3.8) is 0 Å². The molecule has 1 aromatic rings. The van der Waals surface area contributed by atoms with Crippen LogP contribution in [0.15, 0.2) is 30.3 Å². The van der Waals surface area contributed by atoms with E-state index >= 15 is 0 Å². The maximum absolute atomic E-state index is 11.9. The van der Waals surface area contributed by atoms with E-state index in [9.17, 15) is 14.7 Å².